The van der Waals surface area contributed by atoms with Gasteiger partial charge in [0.1, 0.15) is 0 Å². The summed E-state index contributed by atoms with van der Waals surface area (Å²) in [5.74, 6) is 0. The molecule has 0 aromatic heterocycles. The molecule has 0 fully saturated rings. The molecule has 1 aromatic carbocycles. The van der Waals surface area contributed by atoms with Crippen LogP contribution in [0.25, 0.3) is 0 Å². The molecule has 0 aliphatic carbocycles. The molecule has 0 amide bonds. The number of nitrogens with two attached hydrogens (primary N) is 1. The predicted octanol–water partition coefficient (Wildman–Crippen LogP) is 1.86. The second-order valence-electron chi connectivity index (χ2n) is 3.93. The summed E-state index contributed by atoms with van der Waals surface area (Å²) < 4.78 is 5.35. The Morgan fingerprint density at radius 2 is 2.00 bits per heavy atom. The number of hydrogen-bond acceptors (Lipinski definition) is 3. The molecule has 3 heteroatoms. The topological polar surface area (TPSA) is 55.5 Å². The lowest BCUT2D eigenvalue weighted by Crippen LogP contribution is -2.30. The summed E-state index contributed by atoms with van der Waals surface area (Å²) in [5.41, 5.74) is 6.86. The summed E-state index contributed by atoms with van der Waals surface area (Å²) in [6.45, 7) is 3.10. The van der Waals surface area contributed by atoms with Gasteiger partial charge in [0.15, 0.2) is 0 Å². The Balaban J connectivity index is 2.33. The molecule has 0 aliphatic rings. The summed E-state index contributed by atoms with van der Waals surface area (Å²) in [4.78, 5) is 0. The van der Waals surface area contributed by atoms with E-state index >= 15 is 0 Å². The number of ether oxygens (including phenoxy) is 1. The van der Waals surface area contributed by atoms with Crippen molar-refractivity contribution in [3.8, 4) is 0 Å². The van der Waals surface area contributed by atoms with Crippen LogP contribution in [0.15, 0.2) is 30.3 Å². The van der Waals surface area contributed by atoms with Crippen molar-refractivity contribution in [2.75, 3.05) is 13.2 Å². The molecule has 0 saturated carbocycles. The zero-order valence-corrected chi connectivity index (χ0v) is 9.80. The number of unbranched alkanes of at least 4 members (excludes halogenated alkanes) is 1. The van der Waals surface area contributed by atoms with Crippen LogP contribution in [0.2, 0.25) is 0 Å². The highest BCUT2D eigenvalue weighted by Crippen LogP contribution is 2.13. The molecule has 90 valence electrons. The van der Waals surface area contributed by atoms with Gasteiger partial charge in [-0.25, -0.2) is 0 Å². The van der Waals surface area contributed by atoms with Gasteiger partial charge in [-0.2, -0.15) is 0 Å². The van der Waals surface area contributed by atoms with Gasteiger partial charge < -0.3 is 15.6 Å². The molecule has 3 N–H and O–H groups in total. The van der Waals surface area contributed by atoms with E-state index in [9.17, 15) is 5.11 Å². The molecule has 16 heavy (non-hydrogen) atoms. The lowest BCUT2D eigenvalue weighted by Gasteiger charge is -2.19. The summed E-state index contributed by atoms with van der Waals surface area (Å²) >= 11 is 0. The van der Waals surface area contributed by atoms with Crippen molar-refractivity contribution in [2.24, 2.45) is 5.73 Å². The molecule has 0 spiro atoms. The third-order valence-corrected chi connectivity index (χ3v) is 2.53. The van der Waals surface area contributed by atoms with Crippen molar-refractivity contribution in [1.29, 1.82) is 0 Å². The predicted molar refractivity (Wildman–Crippen MR) is 65.1 cm³/mol. The maximum absolute atomic E-state index is 9.82. The fourth-order valence-electron chi connectivity index (χ4n) is 1.45. The SMILES string of the molecule is CCCCOC[C@H](O)[C@H](N)c1ccccc1. The first-order valence-electron chi connectivity index (χ1n) is 5.82. The van der Waals surface area contributed by atoms with Crippen LogP contribution in [0.5, 0.6) is 0 Å². The van der Waals surface area contributed by atoms with E-state index in [-0.39, 0.29) is 6.04 Å². The van der Waals surface area contributed by atoms with Gasteiger partial charge in [-0.15, -0.1) is 0 Å². The van der Waals surface area contributed by atoms with E-state index in [0.29, 0.717) is 13.2 Å². The molecule has 0 radical (unpaired) electrons. The second kappa shape index (κ2) is 7.39. The van der Waals surface area contributed by atoms with Gasteiger partial charge in [-0.1, -0.05) is 43.7 Å². The average Bonchev–Trinajstić information content (AvgIpc) is 2.34. The zero-order valence-electron chi connectivity index (χ0n) is 9.80. The van der Waals surface area contributed by atoms with Crippen molar-refractivity contribution >= 4 is 0 Å². The van der Waals surface area contributed by atoms with Crippen LogP contribution in [0.4, 0.5) is 0 Å². The zero-order chi connectivity index (χ0) is 11.8. The van der Waals surface area contributed by atoms with Crippen molar-refractivity contribution < 1.29 is 9.84 Å². The van der Waals surface area contributed by atoms with Crippen LogP contribution >= 0.6 is 0 Å². The first-order valence-corrected chi connectivity index (χ1v) is 5.82. The van der Waals surface area contributed by atoms with E-state index in [1.165, 1.54) is 0 Å². The van der Waals surface area contributed by atoms with Gasteiger partial charge in [0.25, 0.3) is 0 Å². The summed E-state index contributed by atoms with van der Waals surface area (Å²) in [5, 5.41) is 9.82. The normalized spacial score (nSPS) is 14.7. The molecular weight excluding hydrogens is 202 g/mol. The van der Waals surface area contributed by atoms with Crippen molar-refractivity contribution in [2.45, 2.75) is 31.9 Å². The average molecular weight is 223 g/mol. The lowest BCUT2D eigenvalue weighted by atomic mass is 10.0. The monoisotopic (exact) mass is 223 g/mol. The van der Waals surface area contributed by atoms with Crippen molar-refractivity contribution in [1.82, 2.24) is 0 Å². The highest BCUT2D eigenvalue weighted by Gasteiger charge is 2.16. The van der Waals surface area contributed by atoms with Crippen LogP contribution in [-0.4, -0.2) is 24.4 Å². The third kappa shape index (κ3) is 4.31. The van der Waals surface area contributed by atoms with Gasteiger partial charge in [0.05, 0.1) is 18.8 Å². The van der Waals surface area contributed by atoms with Crippen LogP contribution in [-0.2, 0) is 4.74 Å². The van der Waals surface area contributed by atoms with Crippen LogP contribution < -0.4 is 5.73 Å². The number of aliphatic hydroxyl groups excluding tert-OH is 1. The minimum absolute atomic E-state index is 0.302. The fraction of sp³-hybridized carbons (Fsp3) is 0.538. The molecule has 0 unspecified atom stereocenters. The van der Waals surface area contributed by atoms with Gasteiger partial charge in [0, 0.05) is 6.61 Å². The molecule has 0 aliphatic heterocycles. The Bertz CT molecular complexity index is 277. The smallest absolute Gasteiger partial charge is 0.0965 e. The highest BCUT2D eigenvalue weighted by molar-refractivity contribution is 5.19. The minimum Gasteiger partial charge on any atom is -0.389 e. The Kier molecular flexibility index (Phi) is 6.08. The van der Waals surface area contributed by atoms with Gasteiger partial charge >= 0.3 is 0 Å². The van der Waals surface area contributed by atoms with Crippen LogP contribution in [0, 0.1) is 0 Å². The van der Waals surface area contributed by atoms with Crippen LogP contribution in [0.3, 0.4) is 0 Å². The maximum Gasteiger partial charge on any atom is 0.0965 e. The molecule has 1 rings (SSSR count). The number of hydrogen-bond donors (Lipinski definition) is 2. The van der Waals surface area contributed by atoms with E-state index in [2.05, 4.69) is 6.92 Å². The van der Waals surface area contributed by atoms with Crippen molar-refractivity contribution in [3.05, 3.63) is 35.9 Å². The fourth-order valence-corrected chi connectivity index (χ4v) is 1.45. The van der Waals surface area contributed by atoms with E-state index in [4.69, 9.17) is 10.5 Å². The molecule has 1 aromatic rings. The number of aliphatic hydroxyl groups is 1. The third-order valence-electron chi connectivity index (χ3n) is 2.53. The number of rotatable bonds is 7. The lowest BCUT2D eigenvalue weighted by molar-refractivity contribution is 0.0222. The van der Waals surface area contributed by atoms with Crippen LogP contribution in [0.1, 0.15) is 31.4 Å². The Morgan fingerprint density at radius 3 is 2.62 bits per heavy atom. The first-order chi connectivity index (χ1) is 7.75. The molecule has 0 heterocycles. The van der Waals surface area contributed by atoms with E-state index < -0.39 is 6.10 Å². The van der Waals surface area contributed by atoms with E-state index in [1.54, 1.807) is 0 Å². The second-order valence-corrected chi connectivity index (χ2v) is 3.93. The Morgan fingerprint density at radius 1 is 1.31 bits per heavy atom. The van der Waals surface area contributed by atoms with Gasteiger partial charge in [-0.05, 0) is 12.0 Å². The van der Waals surface area contributed by atoms with Gasteiger partial charge in [0.2, 0.25) is 0 Å². The Labute approximate surface area is 97.2 Å². The van der Waals surface area contributed by atoms with E-state index in [1.807, 2.05) is 30.3 Å². The molecular formula is C13H21NO2. The summed E-state index contributed by atoms with van der Waals surface area (Å²) in [6, 6.07) is 9.22. The standard InChI is InChI=1S/C13H21NO2/c1-2-3-9-16-10-12(15)13(14)11-7-5-4-6-8-11/h4-8,12-13,15H,2-3,9-10,14H2,1H3/t12-,13+/m0/s1. The molecule has 2 atom stereocenters. The quantitative estimate of drug-likeness (QED) is 0.694. The summed E-state index contributed by atoms with van der Waals surface area (Å²) in [7, 11) is 0. The molecule has 0 saturated heterocycles. The summed E-state index contributed by atoms with van der Waals surface area (Å²) in [6.07, 6.45) is 1.48. The Hall–Kier alpha value is -0.900. The maximum atomic E-state index is 9.82. The van der Waals surface area contributed by atoms with Crippen molar-refractivity contribution in [3.63, 3.8) is 0 Å². The largest absolute Gasteiger partial charge is 0.389 e. The first kappa shape index (κ1) is 13.2. The minimum atomic E-state index is -0.640. The van der Waals surface area contributed by atoms with Gasteiger partial charge in [-0.3, -0.25) is 0 Å². The highest BCUT2D eigenvalue weighted by atomic mass is 16.5. The van der Waals surface area contributed by atoms with E-state index in [0.717, 1.165) is 18.4 Å². The molecule has 0 bridgehead atoms. The number of benzene rings is 1. The molecule has 3 nitrogen and oxygen atoms in total.